The van der Waals surface area contributed by atoms with Gasteiger partial charge in [0, 0.05) is 45.3 Å². The number of ether oxygens (including phenoxy) is 1. The minimum Gasteiger partial charge on any atom is -0.482 e. The average molecular weight is 714 g/mol. The van der Waals surface area contributed by atoms with E-state index in [1.165, 1.54) is 42.5 Å². The normalized spacial score (nSPS) is 11.4. The van der Waals surface area contributed by atoms with Gasteiger partial charge in [-0.3, -0.25) is 0 Å². The summed E-state index contributed by atoms with van der Waals surface area (Å²) in [6, 6.07) is 20.0. The molecular formula is C37H20F5N3O5S. The van der Waals surface area contributed by atoms with Crippen molar-refractivity contribution >= 4 is 32.6 Å². The Morgan fingerprint density at radius 3 is 2.18 bits per heavy atom. The summed E-state index contributed by atoms with van der Waals surface area (Å²) in [6.45, 7) is 6.98. The molecule has 0 aliphatic rings. The zero-order chi connectivity index (χ0) is 36.6. The second-order valence-corrected chi connectivity index (χ2v) is 12.8. The monoisotopic (exact) mass is 713 g/mol. The molecule has 6 rings (SSSR count). The van der Waals surface area contributed by atoms with E-state index in [2.05, 4.69) is 4.85 Å². The number of rotatable bonds is 9. The topological polar surface area (TPSA) is 114 Å². The standard InChI is InChI=1S/C37H20F5N3O5S/c1-44-30-7-3-6-23(18-43)34(30)35-27-15-24(38)10-13-31(27)45(51(48,49)26-11-8-20(9-12-26)37(41)42)36(35)22-5-2-4-21(14-22)33-28(39)16-25(17-29(33)40)50-19-32(46)47/h2-17,37H,19H2,(H,46,47). The van der Waals surface area contributed by atoms with Crippen LogP contribution in [0.25, 0.3) is 49.3 Å². The third-order valence-electron chi connectivity index (χ3n) is 7.89. The maximum atomic E-state index is 15.5. The number of halogens is 5. The van der Waals surface area contributed by atoms with Crippen LogP contribution in [0.2, 0.25) is 0 Å². The van der Waals surface area contributed by atoms with Crippen LogP contribution in [0, 0.1) is 35.4 Å². The molecule has 0 radical (unpaired) electrons. The molecule has 0 unspecified atom stereocenters. The highest BCUT2D eigenvalue weighted by atomic mass is 32.2. The van der Waals surface area contributed by atoms with Crippen LogP contribution in [-0.4, -0.2) is 30.1 Å². The Bertz CT molecular complexity index is 2520. The number of benzene rings is 5. The minimum absolute atomic E-state index is 0.0134. The van der Waals surface area contributed by atoms with Gasteiger partial charge in [0.15, 0.2) is 12.3 Å². The number of fused-ring (bicyclic) bond motifs is 1. The lowest BCUT2D eigenvalue weighted by molar-refractivity contribution is -0.139. The van der Waals surface area contributed by atoms with Crippen molar-refractivity contribution in [2.75, 3.05) is 6.61 Å². The predicted molar refractivity (Wildman–Crippen MR) is 176 cm³/mol. The molecule has 8 nitrogen and oxygen atoms in total. The third kappa shape index (κ3) is 6.24. The van der Waals surface area contributed by atoms with Crippen LogP contribution in [0.3, 0.4) is 0 Å². The van der Waals surface area contributed by atoms with Gasteiger partial charge in [-0.05, 0) is 48.0 Å². The van der Waals surface area contributed by atoms with Crippen molar-refractivity contribution in [2.24, 2.45) is 0 Å². The highest BCUT2D eigenvalue weighted by molar-refractivity contribution is 7.90. The maximum absolute atomic E-state index is 15.5. The van der Waals surface area contributed by atoms with Gasteiger partial charge < -0.3 is 9.84 Å². The van der Waals surface area contributed by atoms with E-state index in [9.17, 15) is 27.3 Å². The molecule has 0 atom stereocenters. The lowest BCUT2D eigenvalue weighted by Crippen LogP contribution is -2.14. The van der Waals surface area contributed by atoms with E-state index in [0.29, 0.717) is 0 Å². The van der Waals surface area contributed by atoms with Crippen molar-refractivity contribution in [3.8, 4) is 45.3 Å². The Morgan fingerprint density at radius 1 is 0.882 bits per heavy atom. The van der Waals surface area contributed by atoms with Crippen molar-refractivity contribution in [1.82, 2.24) is 3.97 Å². The molecular weight excluding hydrogens is 693 g/mol. The minimum atomic E-state index is -4.76. The van der Waals surface area contributed by atoms with E-state index in [1.54, 1.807) is 0 Å². The zero-order valence-corrected chi connectivity index (χ0v) is 26.6. The molecule has 0 bridgehead atoms. The molecule has 1 N–H and O–H groups in total. The first-order chi connectivity index (χ1) is 24.3. The summed E-state index contributed by atoms with van der Waals surface area (Å²) in [4.78, 5) is 14.0. The molecule has 0 saturated carbocycles. The van der Waals surface area contributed by atoms with Crippen molar-refractivity contribution in [3.63, 3.8) is 0 Å². The van der Waals surface area contributed by atoms with Crippen molar-refractivity contribution in [3.05, 3.63) is 137 Å². The first-order valence-corrected chi connectivity index (χ1v) is 16.1. The van der Waals surface area contributed by atoms with Gasteiger partial charge in [-0.15, -0.1) is 0 Å². The third-order valence-corrected chi connectivity index (χ3v) is 9.62. The Kier molecular flexibility index (Phi) is 9.04. The molecule has 0 amide bonds. The van der Waals surface area contributed by atoms with Crippen LogP contribution in [0.1, 0.15) is 17.6 Å². The number of carboxylic acids is 1. The zero-order valence-electron chi connectivity index (χ0n) is 25.7. The summed E-state index contributed by atoms with van der Waals surface area (Å²) in [6.07, 6.45) is -2.89. The van der Waals surface area contributed by atoms with Gasteiger partial charge in [0.2, 0.25) is 0 Å². The average Bonchev–Trinajstić information content (AvgIpc) is 3.44. The van der Waals surface area contributed by atoms with Crippen LogP contribution in [0.5, 0.6) is 5.75 Å². The summed E-state index contributed by atoms with van der Waals surface area (Å²) >= 11 is 0. The van der Waals surface area contributed by atoms with Gasteiger partial charge in [-0.25, -0.2) is 44.0 Å². The Hall–Kier alpha value is -6.51. The van der Waals surface area contributed by atoms with Crippen molar-refractivity contribution in [1.29, 1.82) is 5.26 Å². The molecule has 0 spiro atoms. The maximum Gasteiger partial charge on any atom is 0.341 e. The highest BCUT2D eigenvalue weighted by Gasteiger charge is 2.31. The second-order valence-electron chi connectivity index (χ2n) is 11.0. The number of hydrogen-bond acceptors (Lipinski definition) is 5. The van der Waals surface area contributed by atoms with E-state index in [1.807, 2.05) is 6.07 Å². The summed E-state index contributed by atoms with van der Waals surface area (Å²) in [7, 11) is -4.76. The van der Waals surface area contributed by atoms with Gasteiger partial charge in [0.05, 0.1) is 34.3 Å². The number of hydrogen-bond donors (Lipinski definition) is 1. The van der Waals surface area contributed by atoms with Crippen LogP contribution in [0.15, 0.2) is 102 Å². The van der Waals surface area contributed by atoms with Gasteiger partial charge in [0.1, 0.15) is 23.2 Å². The van der Waals surface area contributed by atoms with Crippen molar-refractivity contribution in [2.45, 2.75) is 11.3 Å². The SMILES string of the molecule is [C-]#[N+]c1cccc(C#N)c1-c1c(-c2cccc(-c3c(F)cc(OCC(=O)O)cc3F)c2)n(S(=O)(=O)c2ccc(C(F)F)cc2)c2ccc(F)cc12. The van der Waals surface area contributed by atoms with Crippen LogP contribution < -0.4 is 4.74 Å². The molecule has 14 heteroatoms. The number of nitrogens with zero attached hydrogens (tertiary/aromatic N) is 3. The summed E-state index contributed by atoms with van der Waals surface area (Å²) in [5.74, 6) is -4.87. The molecule has 0 saturated heterocycles. The number of alkyl halides is 2. The van der Waals surface area contributed by atoms with E-state index in [4.69, 9.17) is 16.4 Å². The quantitative estimate of drug-likeness (QED) is 0.118. The number of aliphatic carboxylic acids is 1. The molecule has 6 aromatic rings. The first kappa shape index (κ1) is 34.4. The highest BCUT2D eigenvalue weighted by Crippen LogP contribution is 2.48. The number of carbonyl (C=O) groups is 1. The Labute approximate surface area is 286 Å². The number of aromatic nitrogens is 1. The predicted octanol–water partition coefficient (Wildman–Crippen LogP) is 9.12. The molecule has 51 heavy (non-hydrogen) atoms. The largest absolute Gasteiger partial charge is 0.482 e. The molecule has 1 aromatic heterocycles. The lowest BCUT2D eigenvalue weighted by atomic mass is 9.92. The molecule has 0 fully saturated rings. The summed E-state index contributed by atoms with van der Waals surface area (Å²) in [5.41, 5.74) is -1.80. The smallest absolute Gasteiger partial charge is 0.341 e. The Balaban J connectivity index is 1.72. The molecule has 1 heterocycles. The van der Waals surface area contributed by atoms with Crippen LogP contribution in [0.4, 0.5) is 27.6 Å². The van der Waals surface area contributed by atoms with Gasteiger partial charge in [-0.2, -0.15) is 5.26 Å². The fourth-order valence-electron chi connectivity index (χ4n) is 5.76. The van der Waals surface area contributed by atoms with Crippen LogP contribution in [-0.2, 0) is 14.8 Å². The van der Waals surface area contributed by atoms with Gasteiger partial charge in [-0.1, -0.05) is 42.5 Å². The van der Waals surface area contributed by atoms with E-state index >= 15 is 13.2 Å². The van der Waals surface area contributed by atoms with Crippen molar-refractivity contribution < 1.29 is 45.0 Å². The van der Waals surface area contributed by atoms with E-state index < -0.39 is 68.2 Å². The van der Waals surface area contributed by atoms with E-state index in [-0.39, 0.29) is 50.1 Å². The Morgan fingerprint density at radius 2 is 1.55 bits per heavy atom. The molecule has 254 valence electrons. The molecule has 5 aromatic carbocycles. The fraction of sp³-hybridized carbons (Fsp3) is 0.0541. The number of nitriles is 1. The van der Waals surface area contributed by atoms with Crippen LogP contribution >= 0.6 is 0 Å². The summed E-state index contributed by atoms with van der Waals surface area (Å²) < 4.78 is 108. The molecule has 0 aliphatic carbocycles. The van der Waals surface area contributed by atoms with Gasteiger partial charge in [0.25, 0.3) is 16.4 Å². The number of carboxylic acid groups (broad SMARTS) is 1. The van der Waals surface area contributed by atoms with Gasteiger partial charge >= 0.3 is 5.97 Å². The lowest BCUT2D eigenvalue weighted by Gasteiger charge is -2.16. The fourth-order valence-corrected chi connectivity index (χ4v) is 7.30. The first-order valence-electron chi connectivity index (χ1n) is 14.7. The van der Waals surface area contributed by atoms with E-state index in [0.717, 1.165) is 58.6 Å². The summed E-state index contributed by atoms with van der Waals surface area (Å²) in [5, 5.41) is 18.9. The second kappa shape index (κ2) is 13.4. The molecule has 0 aliphatic heterocycles.